The van der Waals surface area contributed by atoms with Crippen molar-refractivity contribution in [3.8, 4) is 5.75 Å². The lowest BCUT2D eigenvalue weighted by molar-refractivity contribution is 0.0467. The van der Waals surface area contributed by atoms with Gasteiger partial charge in [-0.25, -0.2) is 14.7 Å². The van der Waals surface area contributed by atoms with Crippen LogP contribution in [0.4, 0.5) is 5.69 Å². The Morgan fingerprint density at radius 3 is 2.78 bits per heavy atom. The van der Waals surface area contributed by atoms with Crippen molar-refractivity contribution in [3.63, 3.8) is 0 Å². The average molecular weight is 459 g/mol. The van der Waals surface area contributed by atoms with E-state index in [4.69, 9.17) is 16.3 Å². The minimum atomic E-state index is -0.311. The number of nitrogens with zero attached hydrogens (tertiary/aromatic N) is 4. The van der Waals surface area contributed by atoms with Gasteiger partial charge >= 0.3 is 0 Å². The minimum Gasteiger partial charge on any atom is -0.495 e. The maximum atomic E-state index is 13.1. The highest BCUT2D eigenvalue weighted by Gasteiger charge is 2.22. The molecule has 0 saturated carbocycles. The maximum Gasteiger partial charge on any atom is 0.269 e. The molecular weight excluding hydrogens is 432 g/mol. The number of aliphatic hydroxyl groups excluding tert-OH is 1. The first-order valence-corrected chi connectivity index (χ1v) is 11.0. The highest BCUT2D eigenvalue weighted by Crippen LogP contribution is 2.29. The number of halogens is 1. The number of carbonyl (C=O) groups is 1. The van der Waals surface area contributed by atoms with Crippen molar-refractivity contribution >= 4 is 34.2 Å². The van der Waals surface area contributed by atoms with E-state index in [0.717, 1.165) is 10.9 Å². The normalized spacial score (nSPS) is 15.1. The van der Waals surface area contributed by atoms with E-state index >= 15 is 0 Å². The van der Waals surface area contributed by atoms with Crippen LogP contribution < -0.4 is 15.5 Å². The quantitative estimate of drug-likeness (QED) is 0.500. The van der Waals surface area contributed by atoms with Crippen molar-refractivity contribution in [1.82, 2.24) is 25.2 Å². The molecule has 170 valence electrons. The zero-order valence-electron chi connectivity index (χ0n) is 18.1. The molecule has 3 N–H and O–H groups in total. The molecule has 10 heteroatoms. The molecular formula is C22H27ClN6O3. The number of anilines is 1. The van der Waals surface area contributed by atoms with Gasteiger partial charge < -0.3 is 15.2 Å². The number of fused-ring (bicyclic) bond motifs is 1. The highest BCUT2D eigenvalue weighted by atomic mass is 35.5. The Kier molecular flexibility index (Phi) is 6.78. The molecule has 3 aromatic rings. The van der Waals surface area contributed by atoms with Gasteiger partial charge in [0.15, 0.2) is 5.65 Å². The first-order valence-electron chi connectivity index (χ1n) is 10.6. The number of aryl methyl sites for hydroxylation is 1. The number of hydrogen-bond donors (Lipinski definition) is 3. The summed E-state index contributed by atoms with van der Waals surface area (Å²) in [5.74, 6) is 0.355. The fourth-order valence-electron chi connectivity index (χ4n) is 3.81. The number of ether oxygens (including phenoxy) is 1. The fourth-order valence-corrected chi connectivity index (χ4v) is 4.09. The highest BCUT2D eigenvalue weighted by molar-refractivity contribution is 6.32. The summed E-state index contributed by atoms with van der Waals surface area (Å²) in [6.45, 7) is 4.32. The molecule has 2 aromatic heterocycles. The Labute approximate surface area is 191 Å². The number of aromatic nitrogens is 3. The largest absolute Gasteiger partial charge is 0.495 e. The lowest BCUT2D eigenvalue weighted by Crippen LogP contribution is -2.47. The third-order valence-corrected chi connectivity index (χ3v) is 5.92. The summed E-state index contributed by atoms with van der Waals surface area (Å²) in [4.78, 5) is 17.6. The van der Waals surface area contributed by atoms with Crippen LogP contribution in [-0.4, -0.2) is 57.1 Å². The molecule has 1 aliphatic rings. The molecule has 1 aliphatic heterocycles. The van der Waals surface area contributed by atoms with Gasteiger partial charge in [0.2, 0.25) is 0 Å². The number of amides is 1. The molecule has 3 heterocycles. The first-order chi connectivity index (χ1) is 15.5. The van der Waals surface area contributed by atoms with Gasteiger partial charge in [-0.1, -0.05) is 17.7 Å². The van der Waals surface area contributed by atoms with E-state index in [0.29, 0.717) is 66.7 Å². The summed E-state index contributed by atoms with van der Waals surface area (Å²) in [6.07, 6.45) is 4.25. The first kappa shape index (κ1) is 22.3. The van der Waals surface area contributed by atoms with Gasteiger partial charge in [-0.2, -0.15) is 5.10 Å². The van der Waals surface area contributed by atoms with E-state index < -0.39 is 0 Å². The summed E-state index contributed by atoms with van der Waals surface area (Å²) in [6, 6.07) is 5.57. The number of hydrazine groups is 1. The number of aliphatic hydroxyl groups is 1. The number of piperidine rings is 1. The summed E-state index contributed by atoms with van der Waals surface area (Å²) >= 11 is 6.27. The van der Waals surface area contributed by atoms with Crippen LogP contribution in [0, 0.1) is 0 Å². The number of nitrogens with one attached hydrogen (secondary N) is 2. The predicted molar refractivity (Wildman–Crippen MR) is 123 cm³/mol. The van der Waals surface area contributed by atoms with Gasteiger partial charge in [0.1, 0.15) is 5.75 Å². The number of benzene rings is 1. The van der Waals surface area contributed by atoms with Crippen LogP contribution in [0.25, 0.3) is 11.0 Å². The standard InChI is InChI=1S/C22H27ClN6O3/c1-3-29-21-16(13-26-29)20(24-11-14-4-5-19(32-2)18(23)10-14)17(12-25-21)22(31)27-28-8-6-15(30)7-9-28/h4-5,10,12-13,15,30H,3,6-9,11H2,1-2H3,(H,24,25)(H,27,31). The van der Waals surface area contributed by atoms with Crippen LogP contribution >= 0.6 is 11.6 Å². The van der Waals surface area contributed by atoms with Crippen LogP contribution in [0.2, 0.25) is 5.02 Å². The molecule has 1 saturated heterocycles. The van der Waals surface area contributed by atoms with E-state index in [2.05, 4.69) is 20.8 Å². The Bertz CT molecular complexity index is 1110. The SMILES string of the molecule is CCn1ncc2c(NCc3ccc(OC)c(Cl)c3)c(C(=O)NN3CCC(O)CC3)cnc21. The molecule has 0 bridgehead atoms. The van der Waals surface area contributed by atoms with Crippen LogP contribution in [0.1, 0.15) is 35.7 Å². The van der Waals surface area contributed by atoms with E-state index in [1.54, 1.807) is 24.2 Å². The lowest BCUT2D eigenvalue weighted by atomic mass is 10.1. The number of rotatable bonds is 7. The van der Waals surface area contributed by atoms with Crippen LogP contribution in [-0.2, 0) is 13.1 Å². The molecule has 0 radical (unpaired) electrons. The molecule has 0 atom stereocenters. The topological polar surface area (TPSA) is 105 Å². The third kappa shape index (κ3) is 4.64. The van der Waals surface area contributed by atoms with Crippen molar-refractivity contribution in [1.29, 1.82) is 0 Å². The Balaban J connectivity index is 1.61. The maximum absolute atomic E-state index is 13.1. The van der Waals surface area contributed by atoms with E-state index in [9.17, 15) is 9.90 Å². The van der Waals surface area contributed by atoms with Gasteiger partial charge in [-0.3, -0.25) is 10.2 Å². The monoisotopic (exact) mass is 458 g/mol. The van der Waals surface area contributed by atoms with E-state index in [-0.39, 0.29) is 12.0 Å². The van der Waals surface area contributed by atoms with E-state index in [1.165, 1.54) is 0 Å². The fraction of sp³-hybridized carbons (Fsp3) is 0.409. The van der Waals surface area contributed by atoms with Gasteiger partial charge in [-0.05, 0) is 37.5 Å². The van der Waals surface area contributed by atoms with Crippen molar-refractivity contribution in [2.75, 3.05) is 25.5 Å². The van der Waals surface area contributed by atoms with Crippen molar-refractivity contribution in [3.05, 3.63) is 46.7 Å². The molecule has 1 amide bonds. The van der Waals surface area contributed by atoms with Gasteiger partial charge in [-0.15, -0.1) is 0 Å². The molecule has 1 fully saturated rings. The van der Waals surface area contributed by atoms with Crippen LogP contribution in [0.3, 0.4) is 0 Å². The summed E-state index contributed by atoms with van der Waals surface area (Å²) < 4.78 is 7.01. The third-order valence-electron chi connectivity index (χ3n) is 5.62. The molecule has 9 nitrogen and oxygen atoms in total. The summed E-state index contributed by atoms with van der Waals surface area (Å²) in [7, 11) is 1.58. The van der Waals surface area contributed by atoms with Crippen molar-refractivity contribution in [2.24, 2.45) is 0 Å². The Hall–Kier alpha value is -2.88. The number of hydrogen-bond acceptors (Lipinski definition) is 7. The molecule has 0 aliphatic carbocycles. The zero-order valence-corrected chi connectivity index (χ0v) is 18.9. The summed E-state index contributed by atoms with van der Waals surface area (Å²) in [5.41, 5.74) is 5.69. The number of pyridine rings is 1. The van der Waals surface area contributed by atoms with Gasteiger partial charge in [0.25, 0.3) is 5.91 Å². The second-order valence-corrected chi connectivity index (χ2v) is 8.13. The van der Waals surface area contributed by atoms with E-state index in [1.807, 2.05) is 30.1 Å². The van der Waals surface area contributed by atoms with Crippen molar-refractivity contribution < 1.29 is 14.6 Å². The number of methoxy groups -OCH3 is 1. The van der Waals surface area contributed by atoms with Crippen LogP contribution in [0.5, 0.6) is 5.75 Å². The molecule has 32 heavy (non-hydrogen) atoms. The second kappa shape index (κ2) is 9.72. The Morgan fingerprint density at radius 2 is 2.09 bits per heavy atom. The molecule has 4 rings (SSSR count). The molecule has 1 aromatic carbocycles. The van der Waals surface area contributed by atoms with Crippen molar-refractivity contribution in [2.45, 2.75) is 39.0 Å². The second-order valence-electron chi connectivity index (χ2n) is 7.73. The molecule has 0 unspecified atom stereocenters. The zero-order chi connectivity index (χ0) is 22.7. The average Bonchev–Trinajstić information content (AvgIpc) is 3.22. The van der Waals surface area contributed by atoms with Gasteiger partial charge in [0, 0.05) is 32.4 Å². The predicted octanol–water partition coefficient (Wildman–Crippen LogP) is 2.83. The summed E-state index contributed by atoms with van der Waals surface area (Å²) in [5, 5.41) is 20.6. The van der Waals surface area contributed by atoms with Gasteiger partial charge in [0.05, 0.1) is 41.1 Å². The minimum absolute atomic E-state index is 0.254. The lowest BCUT2D eigenvalue weighted by Gasteiger charge is -2.29. The number of carbonyl (C=O) groups excluding carboxylic acids is 1. The smallest absolute Gasteiger partial charge is 0.269 e. The molecule has 0 spiro atoms. The van der Waals surface area contributed by atoms with Crippen LogP contribution in [0.15, 0.2) is 30.6 Å². The Morgan fingerprint density at radius 1 is 1.31 bits per heavy atom.